The highest BCUT2D eigenvalue weighted by atomic mass is 35.5. The number of hydrogen-bond donors (Lipinski definition) is 2. The fraction of sp³-hybridized carbons (Fsp3) is 0.889. The number of β-amino-alcohol motifs (C(OH)–C–C–N with tert-alkyl or cyclic N) is 1. The summed E-state index contributed by atoms with van der Waals surface area (Å²) in [5, 5.41) is 9.48. The third kappa shape index (κ3) is 5.49. The van der Waals surface area contributed by atoms with Gasteiger partial charge in [0.2, 0.25) is 5.91 Å². The molecule has 9 heteroatoms. The minimum atomic E-state index is -4.16. The molecule has 106 valence electrons. The van der Waals surface area contributed by atoms with Gasteiger partial charge in [-0.1, -0.05) is 0 Å². The molecule has 0 aromatic rings. The molecular formula is C9H17ClN2O5S. The molecule has 1 fully saturated rings. The molecule has 1 heterocycles. The van der Waals surface area contributed by atoms with E-state index in [-0.39, 0.29) is 18.3 Å². The topological polar surface area (TPSA) is 98.2 Å². The predicted molar refractivity (Wildman–Crippen MR) is 66.2 cm³/mol. The van der Waals surface area contributed by atoms with Crippen LogP contribution in [0.5, 0.6) is 0 Å². The number of hydrogen-bond acceptors (Lipinski definition) is 5. The van der Waals surface area contributed by atoms with Gasteiger partial charge in [-0.15, -0.1) is 11.6 Å². The summed E-state index contributed by atoms with van der Waals surface area (Å²) in [6.45, 7) is 2.26. The predicted octanol–water partition coefficient (Wildman–Crippen LogP) is -1.38. The van der Waals surface area contributed by atoms with Gasteiger partial charge < -0.3 is 10.0 Å². The van der Waals surface area contributed by atoms with Crippen molar-refractivity contribution in [2.24, 2.45) is 0 Å². The Balaban J connectivity index is 2.33. The second kappa shape index (κ2) is 6.67. The van der Waals surface area contributed by atoms with E-state index >= 15 is 0 Å². The third-order valence-corrected chi connectivity index (χ3v) is 3.75. The van der Waals surface area contributed by atoms with Crippen LogP contribution in [0, 0.1) is 0 Å². The van der Waals surface area contributed by atoms with Crippen molar-refractivity contribution in [3.63, 3.8) is 0 Å². The average Bonchev–Trinajstić information content (AvgIpc) is 2.26. The lowest BCUT2D eigenvalue weighted by molar-refractivity contribution is -0.130. The van der Waals surface area contributed by atoms with Crippen LogP contribution >= 0.6 is 11.6 Å². The zero-order valence-corrected chi connectivity index (χ0v) is 11.4. The van der Waals surface area contributed by atoms with E-state index in [9.17, 15) is 18.3 Å². The molecule has 1 atom stereocenters. The molecule has 0 aromatic heterocycles. The second-order valence-corrected chi connectivity index (χ2v) is 5.98. The molecule has 1 unspecified atom stereocenters. The maximum atomic E-state index is 11.3. The van der Waals surface area contributed by atoms with Crippen molar-refractivity contribution in [2.45, 2.75) is 6.10 Å². The third-order valence-electron chi connectivity index (χ3n) is 2.71. The smallest absolute Gasteiger partial charge is 0.267 e. The van der Waals surface area contributed by atoms with Gasteiger partial charge in [-0.25, -0.2) is 0 Å². The molecular weight excluding hydrogens is 284 g/mol. The van der Waals surface area contributed by atoms with E-state index in [0.717, 1.165) is 0 Å². The van der Waals surface area contributed by atoms with Gasteiger partial charge >= 0.3 is 0 Å². The van der Waals surface area contributed by atoms with Gasteiger partial charge in [0, 0.05) is 32.7 Å². The molecule has 1 saturated heterocycles. The Labute approximate surface area is 111 Å². The Morgan fingerprint density at radius 1 is 1.28 bits per heavy atom. The molecule has 2 N–H and O–H groups in total. The van der Waals surface area contributed by atoms with Gasteiger partial charge in [-0.2, -0.15) is 8.42 Å². The number of rotatable bonds is 5. The number of alkyl halides is 1. The van der Waals surface area contributed by atoms with Gasteiger partial charge in [0.25, 0.3) is 10.1 Å². The van der Waals surface area contributed by atoms with E-state index in [4.69, 9.17) is 16.2 Å². The number of piperazine rings is 1. The van der Waals surface area contributed by atoms with E-state index in [0.29, 0.717) is 26.2 Å². The first-order valence-electron chi connectivity index (χ1n) is 5.51. The molecule has 0 radical (unpaired) electrons. The number of aliphatic hydroxyl groups is 1. The summed E-state index contributed by atoms with van der Waals surface area (Å²) in [7, 11) is -4.16. The minimum Gasteiger partial charge on any atom is -0.391 e. The van der Waals surface area contributed by atoms with Crippen LogP contribution in [0.15, 0.2) is 0 Å². The Morgan fingerprint density at radius 2 is 1.83 bits per heavy atom. The van der Waals surface area contributed by atoms with Gasteiger partial charge in [-0.05, 0) is 0 Å². The van der Waals surface area contributed by atoms with Crippen molar-refractivity contribution in [1.82, 2.24) is 9.80 Å². The van der Waals surface area contributed by atoms with Crippen molar-refractivity contribution in [1.29, 1.82) is 0 Å². The summed E-state index contributed by atoms with van der Waals surface area (Å²) >= 11 is 5.44. The molecule has 0 spiro atoms. The maximum Gasteiger partial charge on any atom is 0.267 e. The summed E-state index contributed by atoms with van der Waals surface area (Å²) in [4.78, 5) is 14.8. The number of aliphatic hydroxyl groups excluding tert-OH is 1. The fourth-order valence-corrected chi connectivity index (χ4v) is 2.62. The molecule has 0 saturated carbocycles. The summed E-state index contributed by atoms with van der Waals surface area (Å²) in [6, 6.07) is 0. The zero-order chi connectivity index (χ0) is 13.8. The lowest BCUT2D eigenvalue weighted by Gasteiger charge is -2.35. The van der Waals surface area contributed by atoms with Crippen molar-refractivity contribution in [3.8, 4) is 0 Å². The Morgan fingerprint density at radius 3 is 2.28 bits per heavy atom. The Hall–Kier alpha value is -0.410. The van der Waals surface area contributed by atoms with Gasteiger partial charge in [0.05, 0.1) is 6.10 Å². The minimum absolute atomic E-state index is 0.0502. The van der Waals surface area contributed by atoms with Gasteiger partial charge in [0.1, 0.15) is 11.6 Å². The standard InChI is InChI=1S/C9H17ClN2O5S/c10-5-9(14)12-3-1-11(2-4-12)6-8(13)7-18(15,16)17/h8,13H,1-7H2,(H,15,16,17). The first kappa shape index (κ1) is 15.6. The average molecular weight is 301 g/mol. The first-order valence-corrected chi connectivity index (χ1v) is 7.65. The number of halogens is 1. The van der Waals surface area contributed by atoms with Crippen LogP contribution in [-0.4, -0.2) is 84.2 Å². The van der Waals surface area contributed by atoms with Crippen molar-refractivity contribution >= 4 is 27.6 Å². The summed E-state index contributed by atoms with van der Waals surface area (Å²) in [5.74, 6) is -0.853. The summed E-state index contributed by atoms with van der Waals surface area (Å²) < 4.78 is 29.7. The highest BCUT2D eigenvalue weighted by molar-refractivity contribution is 7.85. The molecule has 7 nitrogen and oxygen atoms in total. The lowest BCUT2D eigenvalue weighted by Crippen LogP contribution is -2.51. The molecule has 18 heavy (non-hydrogen) atoms. The number of carbonyl (C=O) groups is 1. The van der Waals surface area contributed by atoms with Crippen LogP contribution in [0.25, 0.3) is 0 Å². The summed E-state index contributed by atoms with van der Waals surface area (Å²) in [5.41, 5.74) is 0. The number of amides is 1. The fourth-order valence-electron chi connectivity index (χ4n) is 1.86. The molecule has 1 amide bonds. The molecule has 1 aliphatic rings. The van der Waals surface area contributed by atoms with E-state index in [1.807, 2.05) is 4.90 Å². The maximum absolute atomic E-state index is 11.3. The first-order chi connectivity index (χ1) is 8.31. The van der Waals surface area contributed by atoms with E-state index < -0.39 is 22.0 Å². The van der Waals surface area contributed by atoms with Gasteiger partial charge in [-0.3, -0.25) is 14.2 Å². The van der Waals surface area contributed by atoms with Crippen LogP contribution in [0.4, 0.5) is 0 Å². The molecule has 0 bridgehead atoms. The number of carbonyl (C=O) groups excluding carboxylic acids is 1. The van der Waals surface area contributed by atoms with E-state index in [2.05, 4.69) is 0 Å². The van der Waals surface area contributed by atoms with Crippen LogP contribution in [0.2, 0.25) is 0 Å². The van der Waals surface area contributed by atoms with Gasteiger partial charge in [0.15, 0.2) is 0 Å². The molecule has 0 aromatic carbocycles. The second-order valence-electron chi connectivity index (χ2n) is 4.22. The monoisotopic (exact) mass is 300 g/mol. The van der Waals surface area contributed by atoms with Crippen molar-refractivity contribution in [3.05, 3.63) is 0 Å². The van der Waals surface area contributed by atoms with Crippen molar-refractivity contribution < 1.29 is 22.9 Å². The molecule has 1 rings (SSSR count). The highest BCUT2D eigenvalue weighted by Gasteiger charge is 2.23. The SMILES string of the molecule is O=C(CCl)N1CCN(CC(O)CS(=O)(=O)O)CC1. The normalized spacial score (nSPS) is 19.8. The lowest BCUT2D eigenvalue weighted by atomic mass is 10.3. The van der Waals surface area contributed by atoms with Crippen LogP contribution in [0.1, 0.15) is 0 Å². The van der Waals surface area contributed by atoms with Crippen molar-refractivity contribution in [2.75, 3.05) is 44.4 Å². The highest BCUT2D eigenvalue weighted by Crippen LogP contribution is 2.04. The quantitative estimate of drug-likeness (QED) is 0.480. The summed E-state index contributed by atoms with van der Waals surface area (Å²) in [6.07, 6.45) is -1.13. The molecule has 1 aliphatic heterocycles. The van der Waals surface area contributed by atoms with E-state index in [1.54, 1.807) is 4.90 Å². The number of nitrogens with zero attached hydrogens (tertiary/aromatic N) is 2. The molecule has 0 aliphatic carbocycles. The van der Waals surface area contributed by atoms with Crippen LogP contribution in [0.3, 0.4) is 0 Å². The van der Waals surface area contributed by atoms with Crippen LogP contribution < -0.4 is 0 Å². The zero-order valence-electron chi connectivity index (χ0n) is 9.83. The van der Waals surface area contributed by atoms with Crippen LogP contribution in [-0.2, 0) is 14.9 Å². The largest absolute Gasteiger partial charge is 0.391 e. The van der Waals surface area contributed by atoms with E-state index in [1.165, 1.54) is 0 Å². The Kier molecular flexibility index (Phi) is 5.80. The Bertz CT molecular complexity index is 380.